The Morgan fingerprint density at radius 3 is 2.43 bits per heavy atom. The number of nitrogens with one attached hydrogen (secondary N) is 1. The minimum atomic E-state index is -3.51. The van der Waals surface area contributed by atoms with Gasteiger partial charge in [0.1, 0.15) is 4.90 Å². The summed E-state index contributed by atoms with van der Waals surface area (Å²) < 4.78 is 28.4. The average molecular weight is 331 g/mol. The monoisotopic (exact) mass is 330 g/mol. The van der Waals surface area contributed by atoms with Gasteiger partial charge in [-0.05, 0) is 31.0 Å². The second-order valence-corrected chi connectivity index (χ2v) is 6.34. The van der Waals surface area contributed by atoms with E-state index in [0.29, 0.717) is 24.3 Å². The minimum absolute atomic E-state index is 0. The van der Waals surface area contributed by atoms with Crippen molar-refractivity contribution in [1.29, 1.82) is 0 Å². The fraction of sp³-hybridized carbons (Fsp3) is 0.308. The van der Waals surface area contributed by atoms with Crippen molar-refractivity contribution in [3.63, 3.8) is 0 Å². The quantitative estimate of drug-likeness (QED) is 0.807. The maximum atomic E-state index is 12.1. The number of nitrogens with zero attached hydrogens (tertiary/aromatic N) is 2. The fourth-order valence-corrected chi connectivity index (χ4v) is 3.07. The van der Waals surface area contributed by atoms with Crippen molar-refractivity contribution in [2.45, 2.75) is 18.2 Å². The van der Waals surface area contributed by atoms with E-state index in [2.05, 4.69) is 9.82 Å². The molecule has 1 heterocycles. The van der Waals surface area contributed by atoms with Crippen molar-refractivity contribution in [3.8, 4) is 0 Å². The van der Waals surface area contributed by atoms with E-state index < -0.39 is 10.0 Å². The SMILES string of the molecule is Cc1c(S(=O)(=O)NCCc2ccc(N)cc2)cnn1C.Cl. The van der Waals surface area contributed by atoms with Crippen LogP contribution in [0.2, 0.25) is 0 Å². The van der Waals surface area contributed by atoms with E-state index in [4.69, 9.17) is 5.73 Å². The molecule has 6 nitrogen and oxygen atoms in total. The maximum Gasteiger partial charge on any atom is 0.243 e. The second kappa shape index (κ2) is 6.93. The first-order valence-electron chi connectivity index (χ1n) is 6.23. The smallest absolute Gasteiger partial charge is 0.243 e. The van der Waals surface area contributed by atoms with Gasteiger partial charge in [-0.15, -0.1) is 12.4 Å². The topological polar surface area (TPSA) is 90.0 Å². The van der Waals surface area contributed by atoms with Crippen molar-refractivity contribution in [2.75, 3.05) is 12.3 Å². The van der Waals surface area contributed by atoms with Gasteiger partial charge in [-0.3, -0.25) is 4.68 Å². The van der Waals surface area contributed by atoms with Crippen LogP contribution in [-0.4, -0.2) is 24.7 Å². The van der Waals surface area contributed by atoms with E-state index in [9.17, 15) is 8.42 Å². The Morgan fingerprint density at radius 1 is 1.29 bits per heavy atom. The molecule has 0 amide bonds. The number of nitrogens with two attached hydrogens (primary N) is 1. The Kier molecular flexibility index (Phi) is 5.77. The predicted octanol–water partition coefficient (Wildman–Crippen LogP) is 1.25. The molecule has 0 spiro atoms. The van der Waals surface area contributed by atoms with Gasteiger partial charge in [0.15, 0.2) is 0 Å². The molecule has 1 aromatic heterocycles. The Morgan fingerprint density at radius 2 is 1.90 bits per heavy atom. The van der Waals surface area contributed by atoms with Crippen molar-refractivity contribution in [1.82, 2.24) is 14.5 Å². The van der Waals surface area contributed by atoms with E-state index in [1.165, 1.54) is 10.9 Å². The molecule has 0 saturated carbocycles. The molecule has 2 rings (SSSR count). The number of hydrogen-bond acceptors (Lipinski definition) is 4. The van der Waals surface area contributed by atoms with E-state index in [1.807, 2.05) is 12.1 Å². The van der Waals surface area contributed by atoms with Crippen LogP contribution in [0.15, 0.2) is 35.4 Å². The van der Waals surface area contributed by atoms with Crippen molar-refractivity contribution in [2.24, 2.45) is 7.05 Å². The largest absolute Gasteiger partial charge is 0.399 e. The summed E-state index contributed by atoms with van der Waals surface area (Å²) in [5.41, 5.74) is 7.94. The van der Waals surface area contributed by atoms with Crippen LogP contribution >= 0.6 is 12.4 Å². The molecular weight excluding hydrogens is 312 g/mol. The Hall–Kier alpha value is -1.57. The van der Waals surface area contributed by atoms with Gasteiger partial charge in [0.25, 0.3) is 0 Å². The number of rotatable bonds is 5. The van der Waals surface area contributed by atoms with Gasteiger partial charge in [0.05, 0.1) is 11.9 Å². The number of hydrogen-bond donors (Lipinski definition) is 2. The molecular formula is C13H19ClN4O2S. The van der Waals surface area contributed by atoms with E-state index in [1.54, 1.807) is 26.1 Å². The highest BCUT2D eigenvalue weighted by molar-refractivity contribution is 7.89. The Balaban J connectivity index is 0.00000220. The lowest BCUT2D eigenvalue weighted by molar-refractivity contribution is 0.580. The molecule has 3 N–H and O–H groups in total. The van der Waals surface area contributed by atoms with Crippen LogP contribution in [0.25, 0.3) is 0 Å². The molecule has 0 radical (unpaired) electrons. The van der Waals surface area contributed by atoms with Crippen molar-refractivity contribution in [3.05, 3.63) is 41.7 Å². The highest BCUT2D eigenvalue weighted by Gasteiger charge is 2.19. The minimum Gasteiger partial charge on any atom is -0.399 e. The molecule has 8 heteroatoms. The summed E-state index contributed by atoms with van der Waals surface area (Å²) in [6.45, 7) is 2.06. The number of halogens is 1. The third-order valence-electron chi connectivity index (χ3n) is 3.17. The van der Waals surface area contributed by atoms with Gasteiger partial charge in [0, 0.05) is 19.3 Å². The van der Waals surface area contributed by atoms with Crippen molar-refractivity contribution < 1.29 is 8.42 Å². The first-order chi connectivity index (χ1) is 9.40. The van der Waals surface area contributed by atoms with Crippen LogP contribution < -0.4 is 10.5 Å². The lowest BCUT2D eigenvalue weighted by atomic mass is 10.1. The summed E-state index contributed by atoms with van der Waals surface area (Å²) >= 11 is 0. The predicted molar refractivity (Wildman–Crippen MR) is 84.9 cm³/mol. The zero-order valence-corrected chi connectivity index (χ0v) is 13.5. The van der Waals surface area contributed by atoms with Gasteiger partial charge in [-0.25, -0.2) is 13.1 Å². The molecule has 2 aromatic rings. The van der Waals surface area contributed by atoms with E-state index in [0.717, 1.165) is 5.56 Å². The van der Waals surface area contributed by atoms with E-state index >= 15 is 0 Å². The van der Waals surface area contributed by atoms with Crippen LogP contribution in [0, 0.1) is 6.92 Å². The third kappa shape index (κ3) is 4.20. The van der Waals surface area contributed by atoms with E-state index in [-0.39, 0.29) is 17.3 Å². The molecule has 0 aliphatic heterocycles. The normalized spacial score (nSPS) is 11.1. The lowest BCUT2D eigenvalue weighted by Gasteiger charge is -2.06. The first-order valence-corrected chi connectivity index (χ1v) is 7.71. The number of aromatic nitrogens is 2. The third-order valence-corrected chi connectivity index (χ3v) is 4.73. The van der Waals surface area contributed by atoms with Crippen LogP contribution in [0.5, 0.6) is 0 Å². The Labute approximate surface area is 130 Å². The van der Waals surface area contributed by atoms with Crippen LogP contribution in [0.3, 0.4) is 0 Å². The molecule has 0 aliphatic carbocycles. The van der Waals surface area contributed by atoms with Gasteiger partial charge < -0.3 is 5.73 Å². The summed E-state index contributed by atoms with van der Waals surface area (Å²) in [6, 6.07) is 7.38. The highest BCUT2D eigenvalue weighted by atomic mass is 35.5. The first kappa shape index (κ1) is 17.5. The summed E-state index contributed by atoms with van der Waals surface area (Å²) in [7, 11) is -1.80. The summed E-state index contributed by atoms with van der Waals surface area (Å²) in [5, 5.41) is 3.94. The van der Waals surface area contributed by atoms with Gasteiger partial charge in [0.2, 0.25) is 10.0 Å². The van der Waals surface area contributed by atoms with Gasteiger partial charge in [-0.2, -0.15) is 5.10 Å². The number of anilines is 1. The highest BCUT2D eigenvalue weighted by Crippen LogP contribution is 2.13. The number of aryl methyl sites for hydroxylation is 1. The molecule has 0 fully saturated rings. The molecule has 1 aromatic carbocycles. The molecule has 0 bridgehead atoms. The number of benzene rings is 1. The van der Waals surface area contributed by atoms with Crippen LogP contribution in [-0.2, 0) is 23.5 Å². The van der Waals surface area contributed by atoms with Crippen molar-refractivity contribution >= 4 is 28.1 Å². The van der Waals surface area contributed by atoms with Gasteiger partial charge >= 0.3 is 0 Å². The molecule has 21 heavy (non-hydrogen) atoms. The standard InChI is InChI=1S/C13H18N4O2S.ClH/c1-10-13(9-15-17(10)2)20(18,19)16-8-7-11-3-5-12(14)6-4-11;/h3-6,9,16H,7-8,14H2,1-2H3;1H. The summed E-state index contributed by atoms with van der Waals surface area (Å²) in [4.78, 5) is 0.220. The van der Waals surface area contributed by atoms with Crippen LogP contribution in [0.1, 0.15) is 11.3 Å². The zero-order valence-electron chi connectivity index (χ0n) is 11.9. The van der Waals surface area contributed by atoms with Gasteiger partial charge in [-0.1, -0.05) is 12.1 Å². The Bertz CT molecular complexity index is 695. The molecule has 0 atom stereocenters. The number of nitrogen functional groups attached to an aromatic ring is 1. The maximum absolute atomic E-state index is 12.1. The fourth-order valence-electron chi connectivity index (χ4n) is 1.83. The van der Waals surface area contributed by atoms with Crippen LogP contribution in [0.4, 0.5) is 5.69 Å². The lowest BCUT2D eigenvalue weighted by Crippen LogP contribution is -2.26. The average Bonchev–Trinajstić information content (AvgIpc) is 2.73. The molecule has 0 saturated heterocycles. The molecule has 0 aliphatic rings. The zero-order chi connectivity index (χ0) is 14.8. The number of sulfonamides is 1. The summed E-state index contributed by atoms with van der Waals surface area (Å²) in [5.74, 6) is 0. The second-order valence-electron chi connectivity index (χ2n) is 4.61. The molecule has 0 unspecified atom stereocenters. The summed E-state index contributed by atoms with van der Waals surface area (Å²) in [6.07, 6.45) is 1.97. The molecule has 116 valence electrons.